The standard InChI is InChI=1S/C15H17FN2O4/c1-21-9-14(19)17-5-4-12-8-22-15(20)18(12)13-6-11(16)3-2-10(13)7-17/h2-3,6,12H,4-5,7-9H2,1H3. The fourth-order valence-corrected chi connectivity index (χ4v) is 2.88. The van der Waals surface area contributed by atoms with Crippen molar-refractivity contribution in [2.75, 3.05) is 31.8 Å². The summed E-state index contributed by atoms with van der Waals surface area (Å²) in [6.45, 7) is 1.06. The minimum Gasteiger partial charge on any atom is -0.447 e. The molecule has 2 amide bonds. The number of methoxy groups -OCH3 is 1. The zero-order valence-corrected chi connectivity index (χ0v) is 12.3. The SMILES string of the molecule is COCC(=O)N1CCC2COC(=O)N2c2cc(F)ccc2C1. The van der Waals surface area contributed by atoms with Gasteiger partial charge in [0.2, 0.25) is 5.91 Å². The van der Waals surface area contributed by atoms with E-state index in [0.29, 0.717) is 25.2 Å². The van der Waals surface area contributed by atoms with Crippen LogP contribution in [0.4, 0.5) is 14.9 Å². The summed E-state index contributed by atoms with van der Waals surface area (Å²) in [5.41, 5.74) is 1.19. The van der Waals surface area contributed by atoms with E-state index in [-0.39, 0.29) is 25.2 Å². The first-order chi connectivity index (χ1) is 10.6. The van der Waals surface area contributed by atoms with Gasteiger partial charge in [0, 0.05) is 20.2 Å². The van der Waals surface area contributed by atoms with Gasteiger partial charge in [-0.2, -0.15) is 0 Å². The molecule has 0 bridgehead atoms. The van der Waals surface area contributed by atoms with E-state index in [1.54, 1.807) is 11.0 Å². The lowest BCUT2D eigenvalue weighted by Crippen LogP contribution is -2.43. The van der Waals surface area contributed by atoms with Gasteiger partial charge in [-0.3, -0.25) is 9.69 Å². The molecule has 0 N–H and O–H groups in total. The molecule has 0 spiro atoms. The highest BCUT2D eigenvalue weighted by atomic mass is 19.1. The Morgan fingerprint density at radius 3 is 3.09 bits per heavy atom. The quantitative estimate of drug-likeness (QED) is 0.831. The second-order valence-corrected chi connectivity index (χ2v) is 5.41. The predicted molar refractivity (Wildman–Crippen MR) is 75.9 cm³/mol. The van der Waals surface area contributed by atoms with Crippen LogP contribution in [0.3, 0.4) is 0 Å². The van der Waals surface area contributed by atoms with Crippen LogP contribution in [0.5, 0.6) is 0 Å². The lowest BCUT2D eigenvalue weighted by atomic mass is 10.1. The zero-order chi connectivity index (χ0) is 15.7. The first kappa shape index (κ1) is 14.8. The van der Waals surface area contributed by atoms with E-state index in [9.17, 15) is 14.0 Å². The molecule has 1 aromatic rings. The van der Waals surface area contributed by atoms with Gasteiger partial charge in [-0.1, -0.05) is 6.07 Å². The maximum atomic E-state index is 13.6. The molecule has 0 saturated carbocycles. The number of cyclic esters (lactones) is 1. The van der Waals surface area contributed by atoms with Gasteiger partial charge in [0.15, 0.2) is 0 Å². The summed E-state index contributed by atoms with van der Waals surface area (Å²) in [5.74, 6) is -0.552. The number of ether oxygens (including phenoxy) is 2. The zero-order valence-electron chi connectivity index (χ0n) is 12.3. The van der Waals surface area contributed by atoms with Crippen molar-refractivity contribution in [1.82, 2.24) is 4.90 Å². The number of amides is 2. The van der Waals surface area contributed by atoms with E-state index in [4.69, 9.17) is 9.47 Å². The molecule has 2 aliphatic heterocycles. The van der Waals surface area contributed by atoms with Crippen molar-refractivity contribution in [1.29, 1.82) is 0 Å². The second-order valence-electron chi connectivity index (χ2n) is 5.41. The van der Waals surface area contributed by atoms with Gasteiger partial charge < -0.3 is 14.4 Å². The Morgan fingerprint density at radius 2 is 2.32 bits per heavy atom. The number of anilines is 1. The number of carbonyl (C=O) groups is 2. The van der Waals surface area contributed by atoms with E-state index >= 15 is 0 Å². The Kier molecular flexibility index (Phi) is 3.98. The highest BCUT2D eigenvalue weighted by molar-refractivity contribution is 5.91. The van der Waals surface area contributed by atoms with Crippen LogP contribution in [-0.2, 0) is 20.8 Å². The van der Waals surface area contributed by atoms with E-state index in [0.717, 1.165) is 5.56 Å². The number of nitrogens with zero attached hydrogens (tertiary/aromatic N) is 2. The van der Waals surface area contributed by atoms with Crippen molar-refractivity contribution in [3.8, 4) is 0 Å². The van der Waals surface area contributed by atoms with Gasteiger partial charge in [-0.25, -0.2) is 9.18 Å². The third kappa shape index (κ3) is 2.64. The monoisotopic (exact) mass is 308 g/mol. The van der Waals surface area contributed by atoms with Crippen LogP contribution in [0.1, 0.15) is 12.0 Å². The third-order valence-corrected chi connectivity index (χ3v) is 3.98. The molecule has 6 nitrogen and oxygen atoms in total. The van der Waals surface area contributed by atoms with Crippen LogP contribution >= 0.6 is 0 Å². The average Bonchev–Trinajstić information content (AvgIpc) is 2.83. The van der Waals surface area contributed by atoms with Crippen LogP contribution in [0, 0.1) is 5.82 Å². The molecule has 1 fully saturated rings. The molecule has 1 unspecified atom stereocenters. The number of halogens is 1. The molecule has 3 rings (SSSR count). The number of hydrogen-bond donors (Lipinski definition) is 0. The summed E-state index contributed by atoms with van der Waals surface area (Å²) in [6.07, 6.45) is 0.116. The van der Waals surface area contributed by atoms with Crippen molar-refractivity contribution in [3.63, 3.8) is 0 Å². The first-order valence-corrected chi connectivity index (χ1v) is 7.11. The molecular formula is C15H17FN2O4. The first-order valence-electron chi connectivity index (χ1n) is 7.11. The maximum Gasteiger partial charge on any atom is 0.414 e. The smallest absolute Gasteiger partial charge is 0.414 e. The van der Waals surface area contributed by atoms with Gasteiger partial charge in [0.1, 0.15) is 19.0 Å². The number of fused-ring (bicyclic) bond motifs is 3. The van der Waals surface area contributed by atoms with Gasteiger partial charge in [-0.15, -0.1) is 0 Å². The molecule has 1 atom stereocenters. The van der Waals surface area contributed by atoms with Crippen LogP contribution in [0.15, 0.2) is 18.2 Å². The lowest BCUT2D eigenvalue weighted by molar-refractivity contribution is -0.135. The maximum absolute atomic E-state index is 13.6. The minimum absolute atomic E-state index is 0.000337. The predicted octanol–water partition coefficient (Wildman–Crippen LogP) is 1.53. The number of hydrogen-bond acceptors (Lipinski definition) is 4. The summed E-state index contributed by atoms with van der Waals surface area (Å²) in [6, 6.07) is 4.06. The summed E-state index contributed by atoms with van der Waals surface area (Å²) in [7, 11) is 1.47. The summed E-state index contributed by atoms with van der Waals surface area (Å²) in [4.78, 5) is 27.2. The Labute approximate surface area is 127 Å². The van der Waals surface area contributed by atoms with Crippen LogP contribution in [0.25, 0.3) is 0 Å². The third-order valence-electron chi connectivity index (χ3n) is 3.98. The highest BCUT2D eigenvalue weighted by Gasteiger charge is 2.37. The molecule has 1 aromatic carbocycles. The van der Waals surface area contributed by atoms with Crippen LogP contribution in [0.2, 0.25) is 0 Å². The van der Waals surface area contributed by atoms with Gasteiger partial charge in [0.25, 0.3) is 0 Å². The van der Waals surface area contributed by atoms with Crippen molar-refractivity contribution in [2.45, 2.75) is 19.0 Å². The molecule has 118 valence electrons. The van der Waals surface area contributed by atoms with Gasteiger partial charge in [0.05, 0.1) is 11.7 Å². The summed E-state index contributed by atoms with van der Waals surface area (Å²) in [5, 5.41) is 0. The molecule has 1 saturated heterocycles. The fourth-order valence-electron chi connectivity index (χ4n) is 2.88. The van der Waals surface area contributed by atoms with Crippen molar-refractivity contribution < 1.29 is 23.5 Å². The second kappa shape index (κ2) is 5.92. The molecule has 0 aromatic heterocycles. The summed E-state index contributed by atoms with van der Waals surface area (Å²) < 4.78 is 23.6. The van der Waals surface area contributed by atoms with Crippen molar-refractivity contribution >= 4 is 17.7 Å². The largest absolute Gasteiger partial charge is 0.447 e. The van der Waals surface area contributed by atoms with E-state index in [2.05, 4.69) is 0 Å². The van der Waals surface area contributed by atoms with Crippen molar-refractivity contribution in [2.24, 2.45) is 0 Å². The average molecular weight is 308 g/mol. The molecular weight excluding hydrogens is 291 g/mol. The molecule has 2 heterocycles. The number of rotatable bonds is 2. The minimum atomic E-state index is -0.464. The van der Waals surface area contributed by atoms with Crippen LogP contribution < -0.4 is 4.90 Å². The number of benzene rings is 1. The molecule has 7 heteroatoms. The number of carbonyl (C=O) groups excluding carboxylic acids is 2. The molecule has 0 aliphatic carbocycles. The normalized spacial score (nSPS) is 20.8. The van der Waals surface area contributed by atoms with Gasteiger partial charge in [-0.05, 0) is 24.1 Å². The van der Waals surface area contributed by atoms with Crippen LogP contribution in [-0.4, -0.2) is 49.8 Å². The van der Waals surface area contributed by atoms with E-state index in [1.165, 1.54) is 24.1 Å². The molecule has 0 radical (unpaired) electrons. The van der Waals surface area contributed by atoms with E-state index < -0.39 is 11.9 Å². The van der Waals surface area contributed by atoms with E-state index in [1.807, 2.05) is 0 Å². The fraction of sp³-hybridized carbons (Fsp3) is 0.467. The van der Waals surface area contributed by atoms with Crippen molar-refractivity contribution in [3.05, 3.63) is 29.6 Å². The lowest BCUT2D eigenvalue weighted by Gasteiger charge is -2.32. The summed E-state index contributed by atoms with van der Waals surface area (Å²) >= 11 is 0. The Hall–Kier alpha value is -2.15. The molecule has 2 aliphatic rings. The Bertz CT molecular complexity index is 607. The highest BCUT2D eigenvalue weighted by Crippen LogP contribution is 2.32. The Morgan fingerprint density at radius 1 is 1.50 bits per heavy atom. The Balaban J connectivity index is 1.98. The molecule has 22 heavy (non-hydrogen) atoms. The van der Waals surface area contributed by atoms with Gasteiger partial charge >= 0.3 is 6.09 Å². The topological polar surface area (TPSA) is 59.1 Å².